The molecular formula is C77H109NO6. The molecule has 4 aromatic carbocycles. The molecule has 7 nitrogen and oxygen atoms in total. The number of aryl methyl sites for hydroxylation is 1. The zero-order valence-electron chi connectivity index (χ0n) is 53.9. The fraction of sp³-hybridized carbons (Fsp3) is 0.610. The predicted octanol–water partition coefficient (Wildman–Crippen LogP) is 21.4. The van der Waals surface area contributed by atoms with E-state index in [1.807, 2.05) is 50.2 Å². The molecule has 458 valence electrons. The second kappa shape index (κ2) is 34.6. The third-order valence-electron chi connectivity index (χ3n) is 20.3. The fourth-order valence-electron chi connectivity index (χ4n) is 14.9. The highest BCUT2D eigenvalue weighted by molar-refractivity contribution is 5.92. The number of nitrogens with zero attached hydrogens (tertiary/aromatic N) is 1. The minimum atomic E-state index is -0.425. The second-order valence-corrected chi connectivity index (χ2v) is 26.6. The van der Waals surface area contributed by atoms with Crippen LogP contribution in [0.5, 0.6) is 5.75 Å². The van der Waals surface area contributed by atoms with E-state index in [0.29, 0.717) is 39.7 Å². The van der Waals surface area contributed by atoms with Gasteiger partial charge >= 0.3 is 17.9 Å². The van der Waals surface area contributed by atoms with Gasteiger partial charge in [0.1, 0.15) is 11.9 Å². The first-order valence-corrected chi connectivity index (χ1v) is 33.6. The number of allylic oxidation sites excluding steroid dienone is 1. The van der Waals surface area contributed by atoms with Crippen molar-refractivity contribution in [3.8, 4) is 22.9 Å². The summed E-state index contributed by atoms with van der Waals surface area (Å²) in [6.07, 6.45) is 35.9. The van der Waals surface area contributed by atoms with Crippen molar-refractivity contribution in [2.24, 2.45) is 46.3 Å². The molecule has 0 heterocycles. The van der Waals surface area contributed by atoms with Gasteiger partial charge in [0.2, 0.25) is 0 Å². The number of carbonyl (C=O) groups is 3. The molecule has 0 bridgehead atoms. The van der Waals surface area contributed by atoms with Crippen LogP contribution in [0.2, 0.25) is 0 Å². The van der Waals surface area contributed by atoms with Crippen LogP contribution in [0.15, 0.2) is 109 Å². The number of esters is 3. The van der Waals surface area contributed by atoms with E-state index >= 15 is 0 Å². The molecule has 4 aromatic rings. The molecule has 0 aliphatic heterocycles. The summed E-state index contributed by atoms with van der Waals surface area (Å²) in [6, 6.07) is 32.2. The van der Waals surface area contributed by atoms with Crippen molar-refractivity contribution in [1.29, 1.82) is 5.26 Å². The Hall–Kier alpha value is -5.48. The summed E-state index contributed by atoms with van der Waals surface area (Å²) in [5.41, 5.74) is 9.03. The van der Waals surface area contributed by atoms with E-state index in [9.17, 15) is 14.4 Å². The van der Waals surface area contributed by atoms with Crippen molar-refractivity contribution >= 4 is 17.9 Å². The maximum absolute atomic E-state index is 12.6. The van der Waals surface area contributed by atoms with Crippen LogP contribution >= 0.6 is 0 Å². The lowest BCUT2D eigenvalue weighted by molar-refractivity contribution is -0.151. The number of benzene rings is 4. The molecule has 0 spiro atoms. The van der Waals surface area contributed by atoms with Crippen molar-refractivity contribution in [1.82, 2.24) is 0 Å². The van der Waals surface area contributed by atoms with Crippen LogP contribution in [0, 0.1) is 64.6 Å². The van der Waals surface area contributed by atoms with Crippen LogP contribution in [0.4, 0.5) is 0 Å². The van der Waals surface area contributed by atoms with E-state index in [-0.39, 0.29) is 24.1 Å². The SMILES string of the molecule is CCC(C)Cc1ccc(-c2ccc(C#N)cc2)cc1.CCCCCCC(C)OC(=O)c1ccc(OC(=O)c2ccc(C)cc2)cc1.CCCCCCCCC(=O)OC1CCC2(C)C(=CCC3C2CCC2(C)C(C(C)CCCCCC)CCC32)C1. The van der Waals surface area contributed by atoms with Gasteiger partial charge in [-0.15, -0.1) is 0 Å². The lowest BCUT2D eigenvalue weighted by Gasteiger charge is -2.58. The Morgan fingerprint density at radius 1 is 0.631 bits per heavy atom. The average Bonchev–Trinajstić information content (AvgIpc) is 1.64. The lowest BCUT2D eigenvalue weighted by atomic mass is 9.47. The van der Waals surface area contributed by atoms with Crippen LogP contribution in [0.3, 0.4) is 0 Å². The summed E-state index contributed by atoms with van der Waals surface area (Å²) in [7, 11) is 0. The Morgan fingerprint density at radius 2 is 1.21 bits per heavy atom. The minimum Gasteiger partial charge on any atom is -0.462 e. The van der Waals surface area contributed by atoms with E-state index in [1.165, 1.54) is 140 Å². The topological polar surface area (TPSA) is 103 Å². The molecule has 84 heavy (non-hydrogen) atoms. The zero-order chi connectivity index (χ0) is 60.5. The standard InChI is InChI=1S/C36H62O2.C23H28O4.C18H19N/c1-6-8-10-12-13-15-17-34(37)38-29-22-24-35(4)28(26-29)18-19-30-32-21-20-31(27(3)16-14-11-9-7-2)36(32,5)25-23-33(30)35;1-4-5-6-7-8-18(3)26-22(24)20-13-15-21(16-14-20)27-23(25)19-11-9-17(2)10-12-19;1-3-14(2)12-15-4-8-17(9-5-15)18-10-6-16(13-19)7-11-18/h18,27,29-33H,6-17,19-26H2,1-5H3;9-16,18H,4-8H2,1-3H3;4-11,14H,3,12H2,1-2H3. The van der Waals surface area contributed by atoms with Crippen molar-refractivity contribution in [2.75, 3.05) is 0 Å². The number of ether oxygens (including phenoxy) is 3. The number of carbonyl (C=O) groups excluding carboxylic acids is 3. The molecule has 0 saturated heterocycles. The Kier molecular flexibility index (Phi) is 27.9. The third kappa shape index (κ3) is 19.8. The number of hydrogen-bond acceptors (Lipinski definition) is 7. The smallest absolute Gasteiger partial charge is 0.343 e. The Labute approximate surface area is 509 Å². The van der Waals surface area contributed by atoms with Crippen LogP contribution < -0.4 is 4.74 Å². The second-order valence-electron chi connectivity index (χ2n) is 26.6. The summed E-state index contributed by atoms with van der Waals surface area (Å²) < 4.78 is 16.9. The quantitative estimate of drug-likeness (QED) is 0.0254. The van der Waals surface area contributed by atoms with Crippen LogP contribution in [-0.4, -0.2) is 30.1 Å². The van der Waals surface area contributed by atoms with Gasteiger partial charge in [-0.25, -0.2) is 9.59 Å². The summed E-state index contributed by atoms with van der Waals surface area (Å²) in [6.45, 7) is 23.0. The van der Waals surface area contributed by atoms with Crippen molar-refractivity contribution < 1.29 is 28.6 Å². The number of nitriles is 1. The number of hydrogen-bond donors (Lipinski definition) is 0. The van der Waals surface area contributed by atoms with Gasteiger partial charge in [0, 0.05) is 12.8 Å². The maximum Gasteiger partial charge on any atom is 0.343 e. The molecule has 4 aliphatic rings. The molecule has 0 amide bonds. The van der Waals surface area contributed by atoms with Crippen LogP contribution in [0.25, 0.3) is 11.1 Å². The number of fused-ring (bicyclic) bond motifs is 5. The van der Waals surface area contributed by atoms with E-state index in [0.717, 1.165) is 85.2 Å². The Morgan fingerprint density at radius 3 is 1.85 bits per heavy atom. The molecule has 0 radical (unpaired) electrons. The van der Waals surface area contributed by atoms with Crippen molar-refractivity contribution in [3.63, 3.8) is 0 Å². The van der Waals surface area contributed by atoms with Gasteiger partial charge in [-0.05, 0) is 196 Å². The fourth-order valence-corrected chi connectivity index (χ4v) is 14.9. The van der Waals surface area contributed by atoms with Gasteiger partial charge in [0.15, 0.2) is 0 Å². The molecule has 10 unspecified atom stereocenters. The highest BCUT2D eigenvalue weighted by Gasteiger charge is 2.59. The average molecular weight is 1140 g/mol. The minimum absolute atomic E-state index is 0.0534. The first kappa shape index (κ1) is 67.6. The van der Waals surface area contributed by atoms with Gasteiger partial charge in [-0.2, -0.15) is 5.26 Å². The molecule has 3 fully saturated rings. The van der Waals surface area contributed by atoms with Gasteiger partial charge < -0.3 is 14.2 Å². The van der Waals surface area contributed by atoms with Gasteiger partial charge in [0.05, 0.1) is 28.9 Å². The van der Waals surface area contributed by atoms with Gasteiger partial charge in [-0.1, -0.05) is 211 Å². The largest absolute Gasteiger partial charge is 0.462 e. The van der Waals surface area contributed by atoms with Gasteiger partial charge in [-0.3, -0.25) is 4.79 Å². The highest BCUT2D eigenvalue weighted by atomic mass is 16.5. The van der Waals surface area contributed by atoms with E-state index in [4.69, 9.17) is 19.5 Å². The van der Waals surface area contributed by atoms with E-state index < -0.39 is 5.97 Å². The highest BCUT2D eigenvalue weighted by Crippen LogP contribution is 2.67. The molecule has 0 N–H and O–H groups in total. The first-order valence-electron chi connectivity index (χ1n) is 33.6. The molecule has 0 aromatic heterocycles. The first-order chi connectivity index (χ1) is 40.5. The van der Waals surface area contributed by atoms with Crippen LogP contribution in [-0.2, 0) is 20.7 Å². The monoisotopic (exact) mass is 1140 g/mol. The number of rotatable bonds is 27. The summed E-state index contributed by atoms with van der Waals surface area (Å²) in [5.74, 6) is 4.89. The molecule has 10 atom stereocenters. The Bertz CT molecular complexity index is 2660. The molecular weight excluding hydrogens is 1030 g/mol. The molecule has 3 saturated carbocycles. The lowest BCUT2D eigenvalue weighted by Crippen LogP contribution is -2.51. The van der Waals surface area contributed by atoms with Crippen molar-refractivity contribution in [3.05, 3.63) is 137 Å². The maximum atomic E-state index is 12.6. The normalized spacial score (nSPS) is 23.2. The van der Waals surface area contributed by atoms with E-state index in [1.54, 1.807) is 42.0 Å². The van der Waals surface area contributed by atoms with Crippen molar-refractivity contribution in [2.45, 2.75) is 255 Å². The van der Waals surface area contributed by atoms with Gasteiger partial charge in [0.25, 0.3) is 0 Å². The zero-order valence-corrected chi connectivity index (χ0v) is 53.9. The molecule has 4 aliphatic carbocycles. The summed E-state index contributed by atoms with van der Waals surface area (Å²) >= 11 is 0. The van der Waals surface area contributed by atoms with Crippen LogP contribution in [0.1, 0.15) is 267 Å². The molecule has 7 heteroatoms. The summed E-state index contributed by atoms with van der Waals surface area (Å²) in [5, 5.41) is 8.79. The number of unbranched alkanes of at least 4 members (excludes halogenated alkanes) is 11. The predicted molar refractivity (Wildman–Crippen MR) is 347 cm³/mol. The third-order valence-corrected chi connectivity index (χ3v) is 20.3. The molecule has 8 rings (SSSR count). The Balaban J connectivity index is 0.000000215. The van der Waals surface area contributed by atoms with E-state index in [2.05, 4.69) is 91.8 Å². The summed E-state index contributed by atoms with van der Waals surface area (Å²) in [4.78, 5) is 36.9.